The van der Waals surface area contributed by atoms with Crippen LogP contribution in [0.15, 0.2) is 54.9 Å². The lowest BCUT2D eigenvalue weighted by Crippen LogP contribution is -2.35. The average Bonchev–Trinajstić information content (AvgIpc) is 3.73. The van der Waals surface area contributed by atoms with Crippen LogP contribution in [0.3, 0.4) is 0 Å². The minimum atomic E-state index is 0.0886. The number of hydrogen-bond donors (Lipinski definition) is 5. The van der Waals surface area contributed by atoms with Gasteiger partial charge in [0.1, 0.15) is 0 Å². The molecule has 5 N–H and O–H groups in total. The van der Waals surface area contributed by atoms with Crippen LogP contribution in [0, 0.1) is 0 Å². The number of carbonyl (C=O) groups is 2. The smallest absolute Gasteiger partial charge is 0.220 e. The highest BCUT2D eigenvalue weighted by Crippen LogP contribution is 2.41. The molecular formula is C35H38Cl2N8O4. The molecular weight excluding hydrogens is 667 g/mol. The molecule has 2 saturated heterocycles. The molecule has 49 heavy (non-hydrogen) atoms. The number of aromatic nitrogens is 3. The Morgan fingerprint density at radius 3 is 2.14 bits per heavy atom. The van der Waals surface area contributed by atoms with Crippen molar-refractivity contribution in [3.63, 3.8) is 0 Å². The predicted molar refractivity (Wildman–Crippen MR) is 189 cm³/mol. The van der Waals surface area contributed by atoms with Crippen LogP contribution in [0.1, 0.15) is 36.8 Å². The highest BCUT2D eigenvalue weighted by molar-refractivity contribution is 6.39. The van der Waals surface area contributed by atoms with Crippen molar-refractivity contribution in [2.24, 2.45) is 0 Å². The van der Waals surface area contributed by atoms with Gasteiger partial charge in [-0.15, -0.1) is 0 Å². The third-order valence-electron chi connectivity index (χ3n) is 8.58. The van der Waals surface area contributed by atoms with E-state index >= 15 is 0 Å². The van der Waals surface area contributed by atoms with Crippen molar-refractivity contribution in [1.29, 1.82) is 0 Å². The lowest BCUT2D eigenvalue weighted by atomic mass is 10.1. The van der Waals surface area contributed by atoms with Gasteiger partial charge in [-0.3, -0.25) is 14.6 Å². The Morgan fingerprint density at radius 2 is 1.49 bits per heavy atom. The number of rotatable bonds is 14. The average molecular weight is 706 g/mol. The van der Waals surface area contributed by atoms with Gasteiger partial charge in [0.15, 0.2) is 11.6 Å². The van der Waals surface area contributed by atoms with Gasteiger partial charge in [-0.25, -0.2) is 9.97 Å². The van der Waals surface area contributed by atoms with Crippen LogP contribution in [0.5, 0.6) is 11.6 Å². The number of ether oxygens (including phenoxy) is 2. The fourth-order valence-electron chi connectivity index (χ4n) is 6.07. The molecule has 2 amide bonds. The highest BCUT2D eigenvalue weighted by atomic mass is 35.5. The molecule has 12 nitrogen and oxygen atoms in total. The van der Waals surface area contributed by atoms with Crippen LogP contribution < -0.4 is 36.1 Å². The number of carbonyl (C=O) groups excluding carboxylic acids is 2. The quantitative estimate of drug-likeness (QED) is 0.121. The van der Waals surface area contributed by atoms with Gasteiger partial charge in [0.05, 0.1) is 41.3 Å². The van der Waals surface area contributed by atoms with Gasteiger partial charge >= 0.3 is 0 Å². The van der Waals surface area contributed by atoms with Gasteiger partial charge in [-0.05, 0) is 37.1 Å². The fourth-order valence-corrected chi connectivity index (χ4v) is 6.64. The molecule has 256 valence electrons. The first-order valence-electron chi connectivity index (χ1n) is 16.1. The van der Waals surface area contributed by atoms with Crippen molar-refractivity contribution in [2.75, 3.05) is 32.6 Å². The highest BCUT2D eigenvalue weighted by Gasteiger charge is 2.23. The normalized spacial score (nSPS) is 17.1. The topological polar surface area (TPSA) is 151 Å². The van der Waals surface area contributed by atoms with Gasteiger partial charge in [0.25, 0.3) is 0 Å². The summed E-state index contributed by atoms with van der Waals surface area (Å²) in [6.45, 7) is 2.39. The van der Waals surface area contributed by atoms with E-state index in [1.54, 1.807) is 32.7 Å². The first-order valence-corrected chi connectivity index (χ1v) is 16.9. The maximum absolute atomic E-state index is 11.5. The molecule has 2 aliphatic rings. The lowest BCUT2D eigenvalue weighted by molar-refractivity contribution is -0.120. The van der Waals surface area contributed by atoms with Crippen LogP contribution in [0.25, 0.3) is 22.5 Å². The Labute approximate surface area is 294 Å². The molecule has 0 bridgehead atoms. The minimum Gasteiger partial charge on any atom is -0.493 e. The monoisotopic (exact) mass is 704 g/mol. The second-order valence-electron chi connectivity index (χ2n) is 11.9. The molecule has 1 aromatic carbocycles. The van der Waals surface area contributed by atoms with Crippen LogP contribution in [-0.2, 0) is 22.7 Å². The third-order valence-corrected chi connectivity index (χ3v) is 9.37. The molecule has 2 aliphatic heterocycles. The van der Waals surface area contributed by atoms with E-state index in [0.717, 1.165) is 24.0 Å². The Hall–Kier alpha value is -4.49. The fraction of sp³-hybridized carbons (Fsp3) is 0.343. The summed E-state index contributed by atoms with van der Waals surface area (Å²) >= 11 is 14.0. The number of hydrogen-bond acceptors (Lipinski definition) is 10. The molecule has 2 unspecified atom stereocenters. The number of nitrogens with one attached hydrogen (secondary N) is 5. The molecule has 0 aliphatic carbocycles. The molecule has 6 rings (SSSR count). The maximum Gasteiger partial charge on any atom is 0.220 e. The summed E-state index contributed by atoms with van der Waals surface area (Å²) in [5.74, 6) is 1.73. The van der Waals surface area contributed by atoms with E-state index in [4.69, 9.17) is 37.7 Å². The summed E-state index contributed by atoms with van der Waals surface area (Å²) in [4.78, 5) is 36.9. The minimum absolute atomic E-state index is 0.0886. The third kappa shape index (κ3) is 8.05. The second kappa shape index (κ2) is 15.8. The number of halogens is 2. The zero-order valence-corrected chi connectivity index (χ0v) is 28.8. The van der Waals surface area contributed by atoms with Crippen molar-refractivity contribution in [2.45, 2.75) is 50.9 Å². The number of methoxy groups -OCH3 is 2. The first kappa shape index (κ1) is 34.4. The molecule has 0 radical (unpaired) electrons. The van der Waals surface area contributed by atoms with Gasteiger partial charge < -0.3 is 36.1 Å². The van der Waals surface area contributed by atoms with Crippen molar-refractivity contribution < 1.29 is 19.1 Å². The second-order valence-corrected chi connectivity index (χ2v) is 12.7. The number of benzene rings is 1. The van der Waals surface area contributed by atoms with Gasteiger partial charge in [-0.1, -0.05) is 41.4 Å². The molecule has 2 atom stereocenters. The summed E-state index contributed by atoms with van der Waals surface area (Å²) in [6, 6.07) is 13.4. The van der Waals surface area contributed by atoms with Crippen LogP contribution in [0.2, 0.25) is 10.0 Å². The standard InChI is InChI=1S/C35H38Cl2N8O4/c1-48-33-20(16-38-18-22-7-10-28(46)42-22)12-14-41-34(33)44-27-5-3-4-25(30(27)36)32-31(37)24(13-15-40-32)26-9-6-21(35(45-26)49-2)17-39-19-23-8-11-29(47)43-23/h3-6,9,12-15,22-23,38-39H,7-8,10-11,16-19H2,1-2H3,(H,41,44)(H,42,46)(H,43,47). The Balaban J connectivity index is 1.19. The number of amides is 2. The molecule has 14 heteroatoms. The van der Waals surface area contributed by atoms with Crippen LogP contribution in [-0.4, -0.2) is 66.2 Å². The van der Waals surface area contributed by atoms with E-state index in [-0.39, 0.29) is 23.9 Å². The van der Waals surface area contributed by atoms with Crippen LogP contribution >= 0.6 is 23.2 Å². The SMILES string of the molecule is COc1nc(-c2ccnc(-c3cccc(Nc4nccc(CNCC5CCC(=O)N5)c4OC)c3Cl)c2Cl)ccc1CNCC1CCC(=O)N1. The van der Waals surface area contributed by atoms with Crippen molar-refractivity contribution in [1.82, 2.24) is 36.2 Å². The van der Waals surface area contributed by atoms with Gasteiger partial charge in [-0.2, -0.15) is 0 Å². The zero-order valence-electron chi connectivity index (χ0n) is 27.2. The molecule has 5 heterocycles. The van der Waals surface area contributed by atoms with Crippen molar-refractivity contribution in [3.8, 4) is 34.1 Å². The Bertz CT molecular complexity index is 1840. The maximum atomic E-state index is 11.5. The summed E-state index contributed by atoms with van der Waals surface area (Å²) < 4.78 is 11.4. The largest absolute Gasteiger partial charge is 0.493 e. The Morgan fingerprint density at radius 1 is 0.796 bits per heavy atom. The van der Waals surface area contributed by atoms with Gasteiger partial charge in [0, 0.05) is 85.8 Å². The first-order chi connectivity index (χ1) is 23.8. The van der Waals surface area contributed by atoms with Gasteiger partial charge in [0.2, 0.25) is 17.7 Å². The molecule has 0 saturated carbocycles. The Kier molecular flexibility index (Phi) is 11.1. The van der Waals surface area contributed by atoms with E-state index in [0.29, 0.717) is 94.7 Å². The number of nitrogens with zero attached hydrogens (tertiary/aromatic N) is 3. The van der Waals surface area contributed by atoms with Crippen molar-refractivity contribution >= 4 is 46.5 Å². The number of pyridine rings is 3. The molecule has 0 spiro atoms. The summed E-state index contributed by atoms with van der Waals surface area (Å²) in [5, 5.41) is 16.8. The van der Waals surface area contributed by atoms with E-state index in [1.807, 2.05) is 36.4 Å². The number of anilines is 2. The molecule has 3 aromatic heterocycles. The van der Waals surface area contributed by atoms with E-state index < -0.39 is 0 Å². The van der Waals surface area contributed by atoms with E-state index in [9.17, 15) is 9.59 Å². The van der Waals surface area contributed by atoms with Crippen molar-refractivity contribution in [3.05, 3.63) is 76.0 Å². The predicted octanol–water partition coefficient (Wildman–Crippen LogP) is 5.01. The molecule has 4 aromatic rings. The van der Waals surface area contributed by atoms with Crippen LogP contribution in [0.4, 0.5) is 11.5 Å². The lowest BCUT2D eigenvalue weighted by Gasteiger charge is -2.17. The van der Waals surface area contributed by atoms with E-state index in [1.165, 1.54) is 0 Å². The summed E-state index contributed by atoms with van der Waals surface area (Å²) in [5.41, 5.74) is 4.80. The summed E-state index contributed by atoms with van der Waals surface area (Å²) in [6.07, 6.45) is 6.15. The molecule has 2 fully saturated rings. The zero-order chi connectivity index (χ0) is 34.3. The summed E-state index contributed by atoms with van der Waals surface area (Å²) in [7, 11) is 3.18. The van der Waals surface area contributed by atoms with E-state index in [2.05, 4.69) is 36.6 Å².